The maximum absolute atomic E-state index is 9.63. The molecule has 0 saturated carbocycles. The van der Waals surface area contributed by atoms with E-state index >= 15 is 0 Å². The fraction of sp³-hybridized carbons (Fsp3) is 0.700. The van der Waals surface area contributed by atoms with Gasteiger partial charge in [-0.15, -0.1) is 0 Å². The number of imidazole rings is 1. The Morgan fingerprint density at radius 1 is 1.56 bits per heavy atom. The van der Waals surface area contributed by atoms with Crippen molar-refractivity contribution >= 4 is 9.76 Å². The van der Waals surface area contributed by atoms with E-state index < -0.39 is 6.10 Å². The molecule has 0 saturated heterocycles. The van der Waals surface area contributed by atoms with Crippen LogP contribution >= 0.6 is 0 Å². The highest BCUT2D eigenvalue weighted by molar-refractivity contribution is 6.26. The Balaban J connectivity index is 1.96. The summed E-state index contributed by atoms with van der Waals surface area (Å²) in [5.74, 6) is 0. The minimum Gasteiger partial charge on any atom is -0.427 e. The van der Waals surface area contributed by atoms with Crippen molar-refractivity contribution in [1.29, 1.82) is 0 Å². The summed E-state index contributed by atoms with van der Waals surface area (Å²) in [6.07, 6.45) is 5.77. The average molecular weight is 244 g/mol. The molecule has 5 nitrogen and oxygen atoms in total. The molecule has 1 atom stereocenters. The fourth-order valence-electron chi connectivity index (χ4n) is 1.36. The van der Waals surface area contributed by atoms with Gasteiger partial charge in [0.2, 0.25) is 0 Å². The number of hydrogen-bond acceptors (Lipinski definition) is 4. The van der Waals surface area contributed by atoms with Gasteiger partial charge in [0, 0.05) is 26.1 Å². The molecule has 0 spiro atoms. The maximum Gasteiger partial charge on any atom is 0.161 e. The first kappa shape index (κ1) is 13.4. The molecule has 1 heterocycles. The maximum atomic E-state index is 9.63. The Kier molecular flexibility index (Phi) is 7.07. The zero-order valence-corrected chi connectivity index (χ0v) is 11.1. The van der Waals surface area contributed by atoms with Crippen LogP contribution in [0.2, 0.25) is 6.04 Å². The Bertz CT molecular complexity index is 257. The van der Waals surface area contributed by atoms with Crippen LogP contribution in [0.15, 0.2) is 18.7 Å². The van der Waals surface area contributed by atoms with E-state index in [1.807, 2.05) is 10.8 Å². The average Bonchev–Trinajstić information content (AvgIpc) is 2.76. The van der Waals surface area contributed by atoms with Crippen LogP contribution in [0.1, 0.15) is 6.42 Å². The molecule has 0 radical (unpaired) electrons. The Hall–Kier alpha value is -0.693. The number of aliphatic hydroxyl groups is 1. The highest BCUT2D eigenvalue weighted by Gasteiger charge is 2.04. The van der Waals surface area contributed by atoms with E-state index in [0.717, 1.165) is 12.5 Å². The molecule has 0 aliphatic heterocycles. The third-order valence-electron chi connectivity index (χ3n) is 2.18. The molecule has 1 N–H and O–H groups in total. The van der Waals surface area contributed by atoms with Crippen LogP contribution in [0.25, 0.3) is 0 Å². The highest BCUT2D eigenvalue weighted by Crippen LogP contribution is 1.95. The van der Waals surface area contributed by atoms with Crippen molar-refractivity contribution in [3.63, 3.8) is 0 Å². The van der Waals surface area contributed by atoms with Gasteiger partial charge < -0.3 is 18.8 Å². The summed E-state index contributed by atoms with van der Waals surface area (Å²) in [5.41, 5.74) is 0. The topological polar surface area (TPSA) is 56.5 Å². The molecule has 1 aromatic heterocycles. The number of nitrogens with zero attached hydrogens (tertiary/aromatic N) is 2. The molecule has 92 valence electrons. The number of ether oxygens (including phenoxy) is 1. The molecular formula is C10H20N2O3Si. The van der Waals surface area contributed by atoms with E-state index in [9.17, 15) is 5.11 Å². The van der Waals surface area contributed by atoms with Crippen molar-refractivity contribution in [2.45, 2.75) is 25.1 Å². The molecule has 1 aromatic rings. The van der Waals surface area contributed by atoms with E-state index in [2.05, 4.69) is 4.98 Å². The van der Waals surface area contributed by atoms with Gasteiger partial charge in [-0.25, -0.2) is 4.98 Å². The van der Waals surface area contributed by atoms with Crippen LogP contribution in [-0.2, 0) is 15.7 Å². The number of aliphatic hydroxyl groups excluding tert-OH is 1. The highest BCUT2D eigenvalue weighted by atomic mass is 28.2. The minimum atomic E-state index is -0.464. The van der Waals surface area contributed by atoms with Crippen LogP contribution in [-0.4, -0.2) is 50.8 Å². The van der Waals surface area contributed by atoms with Gasteiger partial charge in [0.25, 0.3) is 0 Å². The second-order valence-electron chi connectivity index (χ2n) is 3.69. The van der Waals surface area contributed by atoms with Crippen molar-refractivity contribution in [2.24, 2.45) is 0 Å². The van der Waals surface area contributed by atoms with Crippen LogP contribution in [0.3, 0.4) is 0 Å². The molecule has 16 heavy (non-hydrogen) atoms. The van der Waals surface area contributed by atoms with Gasteiger partial charge in [0.1, 0.15) is 0 Å². The summed E-state index contributed by atoms with van der Waals surface area (Å²) in [7, 11) is 1.43. The first-order valence-corrected chi connectivity index (χ1v) is 7.11. The van der Waals surface area contributed by atoms with Gasteiger partial charge in [0.15, 0.2) is 9.76 Å². The summed E-state index contributed by atoms with van der Waals surface area (Å²) in [6.45, 7) is 1.62. The lowest BCUT2D eigenvalue weighted by Gasteiger charge is -2.11. The Morgan fingerprint density at radius 2 is 2.44 bits per heavy atom. The number of hydrogen-bond donors (Lipinski definition) is 1. The van der Waals surface area contributed by atoms with Gasteiger partial charge in [-0.3, -0.25) is 0 Å². The van der Waals surface area contributed by atoms with E-state index in [1.165, 1.54) is 0 Å². The normalized spacial score (nSPS) is 13.6. The van der Waals surface area contributed by atoms with Crippen molar-refractivity contribution in [3.05, 3.63) is 18.7 Å². The zero-order valence-electron chi connectivity index (χ0n) is 9.71. The minimum absolute atomic E-state index is 0.320. The van der Waals surface area contributed by atoms with Gasteiger partial charge in [-0.1, -0.05) is 0 Å². The first-order valence-electron chi connectivity index (χ1n) is 5.53. The van der Waals surface area contributed by atoms with Gasteiger partial charge in [-0.2, -0.15) is 0 Å². The molecule has 0 bridgehead atoms. The van der Waals surface area contributed by atoms with Crippen molar-refractivity contribution in [2.75, 3.05) is 20.3 Å². The molecule has 0 amide bonds. The lowest BCUT2D eigenvalue weighted by Crippen LogP contribution is -2.21. The first-order chi connectivity index (χ1) is 7.83. The zero-order chi connectivity index (χ0) is 11.6. The third-order valence-corrected chi connectivity index (χ3v) is 3.38. The molecule has 6 heteroatoms. The van der Waals surface area contributed by atoms with E-state index in [0.29, 0.717) is 19.8 Å². The number of aromatic nitrogens is 2. The number of rotatable bonds is 9. The smallest absolute Gasteiger partial charge is 0.161 e. The summed E-state index contributed by atoms with van der Waals surface area (Å²) in [4.78, 5) is 3.91. The van der Waals surface area contributed by atoms with E-state index in [-0.39, 0.29) is 9.76 Å². The van der Waals surface area contributed by atoms with Crippen molar-refractivity contribution < 1.29 is 14.3 Å². The Labute approximate surface area is 98.3 Å². The monoisotopic (exact) mass is 244 g/mol. The standard InChI is InChI=1S/C10H20N2O3Si/c1-14-16-6-2-5-15-8-10(13)7-12-4-3-11-9-12/h3-4,9-10,13H,2,5-8,16H2,1H3. The quantitative estimate of drug-likeness (QED) is 0.483. The van der Waals surface area contributed by atoms with Crippen LogP contribution in [0.5, 0.6) is 0 Å². The molecule has 1 rings (SSSR count). The van der Waals surface area contributed by atoms with E-state index in [1.54, 1.807) is 19.6 Å². The van der Waals surface area contributed by atoms with Gasteiger partial charge in [-0.05, 0) is 12.5 Å². The second-order valence-corrected chi connectivity index (χ2v) is 5.38. The summed E-state index contributed by atoms with van der Waals surface area (Å²) in [6, 6.07) is 1.13. The lowest BCUT2D eigenvalue weighted by atomic mass is 10.4. The van der Waals surface area contributed by atoms with E-state index in [4.69, 9.17) is 9.16 Å². The molecule has 0 aliphatic rings. The van der Waals surface area contributed by atoms with Crippen LogP contribution < -0.4 is 0 Å². The predicted octanol–water partition coefficient (Wildman–Crippen LogP) is -0.201. The van der Waals surface area contributed by atoms with Crippen molar-refractivity contribution in [3.8, 4) is 0 Å². The summed E-state index contributed by atoms with van der Waals surface area (Å²) >= 11 is 0. The van der Waals surface area contributed by atoms with Crippen LogP contribution in [0, 0.1) is 0 Å². The van der Waals surface area contributed by atoms with Gasteiger partial charge in [0.05, 0.1) is 25.6 Å². The molecule has 0 aliphatic carbocycles. The summed E-state index contributed by atoms with van der Waals surface area (Å²) in [5, 5.41) is 9.63. The Morgan fingerprint density at radius 3 is 3.12 bits per heavy atom. The largest absolute Gasteiger partial charge is 0.427 e. The molecule has 1 unspecified atom stereocenters. The van der Waals surface area contributed by atoms with Crippen LogP contribution in [0.4, 0.5) is 0 Å². The second kappa shape index (κ2) is 8.46. The predicted molar refractivity (Wildman–Crippen MR) is 64.0 cm³/mol. The van der Waals surface area contributed by atoms with Crippen molar-refractivity contribution in [1.82, 2.24) is 9.55 Å². The fourth-order valence-corrected chi connectivity index (χ4v) is 2.06. The lowest BCUT2D eigenvalue weighted by molar-refractivity contribution is 0.0283. The summed E-state index contributed by atoms with van der Waals surface area (Å²) < 4.78 is 12.3. The van der Waals surface area contributed by atoms with Gasteiger partial charge >= 0.3 is 0 Å². The molecule has 0 fully saturated rings. The molecular weight excluding hydrogens is 224 g/mol. The SMILES string of the molecule is CO[SiH2]CCCOCC(O)Cn1ccnc1. The third kappa shape index (κ3) is 6.01. The molecule has 0 aromatic carbocycles.